The van der Waals surface area contributed by atoms with Crippen LogP contribution in [-0.2, 0) is 11.4 Å². The Kier molecular flexibility index (Phi) is 6.26. The van der Waals surface area contributed by atoms with Crippen molar-refractivity contribution >= 4 is 5.97 Å². The lowest BCUT2D eigenvalue weighted by Gasteiger charge is -2.14. The molecule has 1 aliphatic rings. The van der Waals surface area contributed by atoms with Gasteiger partial charge in [-0.25, -0.2) is 14.4 Å². The van der Waals surface area contributed by atoms with Crippen LogP contribution in [0.2, 0.25) is 0 Å². The van der Waals surface area contributed by atoms with Gasteiger partial charge in [0.25, 0.3) is 0 Å². The second kappa shape index (κ2) is 9.25. The Balaban J connectivity index is 1.44. The molecule has 1 heterocycles. The van der Waals surface area contributed by atoms with Gasteiger partial charge in [-0.15, -0.1) is 0 Å². The molecule has 2 aromatic carbocycles. The Morgan fingerprint density at radius 3 is 2.52 bits per heavy atom. The standard InChI is InChI=1S/C25H25FN2O3/c1-16(2-11-24(29)30)17-5-8-22(9-6-17)31-15-19-12-21(26)7-10-23(19)20-13-27-25(28-14-20)18-3-4-18/h5-10,12-14,16,18H,2-4,11,15H2,1H3,(H,29,30). The van der Waals surface area contributed by atoms with Gasteiger partial charge >= 0.3 is 5.97 Å². The topological polar surface area (TPSA) is 72.3 Å². The van der Waals surface area contributed by atoms with Crippen molar-refractivity contribution in [3.63, 3.8) is 0 Å². The Labute approximate surface area is 180 Å². The van der Waals surface area contributed by atoms with Crippen molar-refractivity contribution in [3.05, 3.63) is 77.6 Å². The van der Waals surface area contributed by atoms with E-state index in [0.29, 0.717) is 18.1 Å². The largest absolute Gasteiger partial charge is 0.489 e. The lowest BCUT2D eigenvalue weighted by Crippen LogP contribution is -2.01. The lowest BCUT2D eigenvalue weighted by atomic mass is 9.96. The third kappa shape index (κ3) is 5.45. The molecule has 6 heteroatoms. The fourth-order valence-electron chi connectivity index (χ4n) is 3.55. The summed E-state index contributed by atoms with van der Waals surface area (Å²) >= 11 is 0. The van der Waals surface area contributed by atoms with Gasteiger partial charge in [-0.3, -0.25) is 4.79 Å². The summed E-state index contributed by atoms with van der Waals surface area (Å²) in [5, 5.41) is 8.84. The number of rotatable bonds is 9. The maximum absolute atomic E-state index is 13.9. The number of aromatic nitrogens is 2. The van der Waals surface area contributed by atoms with Gasteiger partial charge in [0.15, 0.2) is 0 Å². The van der Waals surface area contributed by atoms with Crippen LogP contribution in [0.25, 0.3) is 11.1 Å². The Morgan fingerprint density at radius 1 is 1.16 bits per heavy atom. The second-order valence-electron chi connectivity index (χ2n) is 8.10. The van der Waals surface area contributed by atoms with Gasteiger partial charge in [0.1, 0.15) is 24.0 Å². The summed E-state index contributed by atoms with van der Waals surface area (Å²) in [4.78, 5) is 19.7. The Bertz CT molecular complexity index is 1050. The molecule has 1 fully saturated rings. The molecule has 5 nitrogen and oxygen atoms in total. The molecule has 3 aromatic rings. The number of aliphatic carboxylic acids is 1. The van der Waals surface area contributed by atoms with Gasteiger partial charge in [-0.2, -0.15) is 0 Å². The van der Waals surface area contributed by atoms with Crippen molar-refractivity contribution in [1.82, 2.24) is 9.97 Å². The van der Waals surface area contributed by atoms with Crippen LogP contribution < -0.4 is 4.74 Å². The van der Waals surface area contributed by atoms with Crippen LogP contribution in [0.5, 0.6) is 5.75 Å². The van der Waals surface area contributed by atoms with Crippen LogP contribution in [0.3, 0.4) is 0 Å². The fraction of sp³-hybridized carbons (Fsp3) is 0.320. The SMILES string of the molecule is CC(CCC(=O)O)c1ccc(OCc2cc(F)ccc2-c2cnc(C3CC3)nc2)cc1. The molecule has 31 heavy (non-hydrogen) atoms. The number of benzene rings is 2. The molecule has 1 saturated carbocycles. The predicted molar refractivity (Wildman–Crippen MR) is 115 cm³/mol. The molecule has 160 valence electrons. The van der Waals surface area contributed by atoms with E-state index in [4.69, 9.17) is 9.84 Å². The number of carbonyl (C=O) groups is 1. The van der Waals surface area contributed by atoms with Crippen molar-refractivity contribution in [2.75, 3.05) is 0 Å². The maximum atomic E-state index is 13.9. The van der Waals surface area contributed by atoms with Crippen LogP contribution >= 0.6 is 0 Å². The summed E-state index contributed by atoms with van der Waals surface area (Å²) in [6, 6.07) is 12.2. The molecule has 1 N–H and O–H groups in total. The van der Waals surface area contributed by atoms with E-state index in [1.54, 1.807) is 18.5 Å². The van der Waals surface area contributed by atoms with Gasteiger partial charge in [0.2, 0.25) is 0 Å². The highest BCUT2D eigenvalue weighted by Gasteiger charge is 2.26. The summed E-state index contributed by atoms with van der Waals surface area (Å²) in [6.07, 6.45) is 6.62. The number of halogens is 1. The van der Waals surface area contributed by atoms with E-state index in [9.17, 15) is 9.18 Å². The molecule has 0 amide bonds. The molecule has 0 bridgehead atoms. The van der Waals surface area contributed by atoms with E-state index in [1.165, 1.54) is 12.1 Å². The monoisotopic (exact) mass is 420 g/mol. The van der Waals surface area contributed by atoms with Crippen LogP contribution in [-0.4, -0.2) is 21.0 Å². The molecule has 1 unspecified atom stereocenters. The number of nitrogens with zero attached hydrogens (tertiary/aromatic N) is 2. The first-order valence-electron chi connectivity index (χ1n) is 10.5. The van der Waals surface area contributed by atoms with Crippen molar-refractivity contribution < 1.29 is 19.0 Å². The Morgan fingerprint density at radius 2 is 1.87 bits per heavy atom. The molecule has 0 radical (unpaired) electrons. The van der Waals surface area contributed by atoms with Crippen molar-refractivity contribution in [2.24, 2.45) is 0 Å². The molecule has 0 saturated heterocycles. The number of ether oxygens (including phenoxy) is 1. The first kappa shape index (κ1) is 21.0. The summed E-state index contributed by atoms with van der Waals surface area (Å²) < 4.78 is 19.8. The number of carboxylic acid groups (broad SMARTS) is 1. The molecule has 1 aliphatic carbocycles. The third-order valence-corrected chi connectivity index (χ3v) is 5.63. The van der Waals surface area contributed by atoms with E-state index >= 15 is 0 Å². The number of hydrogen-bond acceptors (Lipinski definition) is 4. The molecule has 1 aromatic heterocycles. The summed E-state index contributed by atoms with van der Waals surface area (Å²) in [7, 11) is 0. The number of carboxylic acids is 1. The first-order valence-corrected chi connectivity index (χ1v) is 10.5. The van der Waals surface area contributed by atoms with Gasteiger partial charge in [-0.05, 0) is 60.6 Å². The molecule has 1 atom stereocenters. The van der Waals surface area contributed by atoms with Gasteiger partial charge < -0.3 is 9.84 Å². The first-order chi connectivity index (χ1) is 15.0. The summed E-state index contributed by atoms with van der Waals surface area (Å²) in [5.41, 5.74) is 3.47. The molecule has 0 spiro atoms. The molecule has 4 rings (SSSR count). The maximum Gasteiger partial charge on any atom is 0.303 e. The third-order valence-electron chi connectivity index (χ3n) is 5.63. The van der Waals surface area contributed by atoms with E-state index in [-0.39, 0.29) is 24.8 Å². The summed E-state index contributed by atoms with van der Waals surface area (Å²) in [5.74, 6) is 1.08. The predicted octanol–water partition coefficient (Wildman–Crippen LogP) is 5.71. The highest BCUT2D eigenvalue weighted by atomic mass is 19.1. The molecular weight excluding hydrogens is 395 g/mol. The van der Waals surface area contributed by atoms with E-state index < -0.39 is 5.97 Å². The zero-order chi connectivity index (χ0) is 21.8. The smallest absolute Gasteiger partial charge is 0.303 e. The zero-order valence-electron chi connectivity index (χ0n) is 17.4. The zero-order valence-corrected chi connectivity index (χ0v) is 17.4. The van der Waals surface area contributed by atoms with Crippen molar-refractivity contribution in [2.45, 2.75) is 51.0 Å². The highest BCUT2D eigenvalue weighted by Crippen LogP contribution is 2.38. The minimum atomic E-state index is -0.787. The van der Waals surface area contributed by atoms with Crippen LogP contribution in [0, 0.1) is 5.82 Å². The molecule has 0 aliphatic heterocycles. The average Bonchev–Trinajstić information content (AvgIpc) is 3.62. The summed E-state index contributed by atoms with van der Waals surface area (Å²) in [6.45, 7) is 2.22. The van der Waals surface area contributed by atoms with Crippen molar-refractivity contribution in [1.29, 1.82) is 0 Å². The van der Waals surface area contributed by atoms with E-state index in [2.05, 4.69) is 9.97 Å². The van der Waals surface area contributed by atoms with Crippen molar-refractivity contribution in [3.8, 4) is 16.9 Å². The fourth-order valence-corrected chi connectivity index (χ4v) is 3.55. The van der Waals surface area contributed by atoms with Gasteiger partial charge in [-0.1, -0.05) is 25.1 Å². The number of hydrogen-bond donors (Lipinski definition) is 1. The van der Waals surface area contributed by atoms with E-state index in [1.807, 2.05) is 31.2 Å². The quantitative estimate of drug-likeness (QED) is 0.480. The minimum absolute atomic E-state index is 0.146. The second-order valence-corrected chi connectivity index (χ2v) is 8.10. The van der Waals surface area contributed by atoms with Gasteiger partial charge in [0, 0.05) is 35.9 Å². The average molecular weight is 420 g/mol. The van der Waals surface area contributed by atoms with Crippen LogP contribution in [0.4, 0.5) is 4.39 Å². The molecular formula is C25H25FN2O3. The lowest BCUT2D eigenvalue weighted by molar-refractivity contribution is -0.137. The normalized spacial score (nSPS) is 14.3. The minimum Gasteiger partial charge on any atom is -0.489 e. The Hall–Kier alpha value is -3.28. The van der Waals surface area contributed by atoms with E-state index in [0.717, 1.165) is 40.9 Å². The highest BCUT2D eigenvalue weighted by molar-refractivity contribution is 5.67. The van der Waals surface area contributed by atoms with Crippen LogP contribution in [0.1, 0.15) is 61.4 Å². The van der Waals surface area contributed by atoms with Gasteiger partial charge in [0.05, 0.1) is 0 Å². The van der Waals surface area contributed by atoms with Crippen LogP contribution in [0.15, 0.2) is 54.9 Å².